The standard InChI is InChI=1S/C25H25NOSi/c1-20(27)24-15-13-22(14-16-24)8-7-21-9-11-23(12-10-21)17-19-28(2,3)25-6-4-5-18-26-25/h4-19H,1-3H3/b8-7+,19-17+. The normalized spacial score (nSPS) is 12.0. The van der Waals surface area contributed by atoms with Gasteiger partial charge in [0.05, 0.1) is 0 Å². The fraction of sp³-hybridized carbons (Fsp3) is 0.120. The van der Waals surface area contributed by atoms with Crippen LogP contribution < -0.4 is 5.32 Å². The maximum atomic E-state index is 11.3. The van der Waals surface area contributed by atoms with Crippen LogP contribution >= 0.6 is 0 Å². The molecule has 0 atom stereocenters. The zero-order chi connectivity index (χ0) is 20.0. The van der Waals surface area contributed by atoms with Gasteiger partial charge in [0, 0.05) is 17.1 Å². The highest BCUT2D eigenvalue weighted by Crippen LogP contribution is 2.13. The first kappa shape index (κ1) is 19.7. The highest BCUT2D eigenvalue weighted by molar-refractivity contribution is 6.93. The Balaban J connectivity index is 1.67. The van der Waals surface area contributed by atoms with Crippen molar-refractivity contribution >= 4 is 37.4 Å². The lowest BCUT2D eigenvalue weighted by molar-refractivity contribution is 0.101. The van der Waals surface area contributed by atoms with E-state index in [1.165, 1.54) is 10.9 Å². The summed E-state index contributed by atoms with van der Waals surface area (Å²) in [5.41, 5.74) is 6.49. The predicted octanol–water partition coefficient (Wildman–Crippen LogP) is 5.62. The summed E-state index contributed by atoms with van der Waals surface area (Å²) >= 11 is 0. The summed E-state index contributed by atoms with van der Waals surface area (Å²) < 4.78 is 0. The van der Waals surface area contributed by atoms with Gasteiger partial charge in [-0.3, -0.25) is 9.78 Å². The second kappa shape index (κ2) is 8.76. The van der Waals surface area contributed by atoms with Crippen molar-refractivity contribution in [3.8, 4) is 0 Å². The summed E-state index contributed by atoms with van der Waals surface area (Å²) in [5.74, 6) is 0.0912. The predicted molar refractivity (Wildman–Crippen MR) is 122 cm³/mol. The van der Waals surface area contributed by atoms with E-state index in [4.69, 9.17) is 0 Å². The lowest BCUT2D eigenvalue weighted by Gasteiger charge is -2.16. The topological polar surface area (TPSA) is 30.0 Å². The van der Waals surface area contributed by atoms with Crippen LogP contribution in [0.2, 0.25) is 13.1 Å². The Morgan fingerprint density at radius 3 is 1.82 bits per heavy atom. The van der Waals surface area contributed by atoms with Crippen molar-refractivity contribution in [1.29, 1.82) is 0 Å². The van der Waals surface area contributed by atoms with Crippen molar-refractivity contribution in [3.63, 3.8) is 0 Å². The largest absolute Gasteiger partial charge is 0.295 e. The molecule has 0 amide bonds. The second-order valence-corrected chi connectivity index (χ2v) is 11.7. The van der Waals surface area contributed by atoms with Crippen LogP contribution in [0.15, 0.2) is 78.6 Å². The Labute approximate surface area is 168 Å². The molecule has 0 bridgehead atoms. The van der Waals surface area contributed by atoms with E-state index in [1.807, 2.05) is 36.5 Å². The quantitative estimate of drug-likeness (QED) is 0.314. The molecule has 0 aliphatic carbocycles. The Morgan fingerprint density at radius 2 is 1.32 bits per heavy atom. The molecule has 0 N–H and O–H groups in total. The van der Waals surface area contributed by atoms with Crippen LogP contribution in [0.5, 0.6) is 0 Å². The Kier molecular flexibility index (Phi) is 6.17. The van der Waals surface area contributed by atoms with Gasteiger partial charge in [-0.2, -0.15) is 0 Å². The SMILES string of the molecule is CC(=O)c1ccc(/C=C/c2ccc(/C=C/[Si](C)(C)c3ccccn3)cc2)cc1. The summed E-state index contributed by atoms with van der Waals surface area (Å²) in [6.07, 6.45) is 8.22. The molecule has 1 aromatic heterocycles. The van der Waals surface area contributed by atoms with Crippen LogP contribution in [0, 0.1) is 0 Å². The maximum absolute atomic E-state index is 11.3. The van der Waals surface area contributed by atoms with Crippen molar-refractivity contribution in [1.82, 2.24) is 4.98 Å². The number of carbonyl (C=O) groups excluding carboxylic acids is 1. The summed E-state index contributed by atoms with van der Waals surface area (Å²) in [5, 5.41) is 1.20. The number of Topliss-reactive ketones (excluding diaryl/α,β-unsaturated/α-hetero) is 1. The molecule has 0 aliphatic heterocycles. The van der Waals surface area contributed by atoms with E-state index < -0.39 is 8.07 Å². The lowest BCUT2D eigenvalue weighted by atomic mass is 10.1. The molecule has 0 spiro atoms. The molecule has 3 rings (SSSR count). The third-order valence-corrected chi connectivity index (χ3v) is 7.36. The third kappa shape index (κ3) is 5.24. The number of carbonyl (C=O) groups is 1. The van der Waals surface area contributed by atoms with Crippen LogP contribution in [0.3, 0.4) is 0 Å². The lowest BCUT2D eigenvalue weighted by Crippen LogP contribution is -2.41. The molecule has 0 radical (unpaired) electrons. The molecular weight excluding hydrogens is 358 g/mol. The van der Waals surface area contributed by atoms with E-state index in [0.29, 0.717) is 0 Å². The number of ketones is 1. The molecule has 0 unspecified atom stereocenters. The molecule has 2 nitrogen and oxygen atoms in total. The number of nitrogens with zero attached hydrogens (tertiary/aromatic N) is 1. The minimum Gasteiger partial charge on any atom is -0.295 e. The molecule has 0 fully saturated rings. The fourth-order valence-corrected chi connectivity index (χ4v) is 4.59. The van der Waals surface area contributed by atoms with Crippen molar-refractivity contribution < 1.29 is 4.79 Å². The number of hydrogen-bond donors (Lipinski definition) is 0. The van der Waals surface area contributed by atoms with Crippen LogP contribution in [-0.2, 0) is 0 Å². The highest BCUT2D eigenvalue weighted by Gasteiger charge is 2.20. The molecule has 2 aromatic carbocycles. The zero-order valence-electron chi connectivity index (χ0n) is 16.6. The average molecular weight is 384 g/mol. The van der Waals surface area contributed by atoms with Gasteiger partial charge in [-0.1, -0.05) is 91.6 Å². The smallest absolute Gasteiger partial charge is 0.159 e. The molecule has 3 heteroatoms. The summed E-state index contributed by atoms with van der Waals surface area (Å²) in [4.78, 5) is 15.9. The molecule has 0 saturated carbocycles. The summed E-state index contributed by atoms with van der Waals surface area (Å²) in [6, 6.07) is 22.3. The van der Waals surface area contributed by atoms with Gasteiger partial charge >= 0.3 is 0 Å². The number of hydrogen-bond acceptors (Lipinski definition) is 2. The van der Waals surface area contributed by atoms with E-state index >= 15 is 0 Å². The van der Waals surface area contributed by atoms with Crippen LogP contribution in [0.1, 0.15) is 34.0 Å². The van der Waals surface area contributed by atoms with Gasteiger partial charge in [-0.15, -0.1) is 0 Å². The van der Waals surface area contributed by atoms with Crippen molar-refractivity contribution in [3.05, 3.63) is 101 Å². The van der Waals surface area contributed by atoms with E-state index in [-0.39, 0.29) is 5.78 Å². The van der Waals surface area contributed by atoms with E-state index in [0.717, 1.165) is 16.7 Å². The van der Waals surface area contributed by atoms with E-state index in [1.54, 1.807) is 6.92 Å². The molecule has 0 aliphatic rings. The second-order valence-electron chi connectivity index (χ2n) is 7.45. The monoisotopic (exact) mass is 383 g/mol. The molecule has 3 aromatic rings. The van der Waals surface area contributed by atoms with E-state index in [9.17, 15) is 4.79 Å². The summed E-state index contributed by atoms with van der Waals surface area (Å²) in [7, 11) is -1.68. The van der Waals surface area contributed by atoms with Crippen molar-refractivity contribution in [2.75, 3.05) is 0 Å². The molecule has 28 heavy (non-hydrogen) atoms. The van der Waals surface area contributed by atoms with Crippen LogP contribution in [0.25, 0.3) is 18.2 Å². The number of pyridine rings is 1. The van der Waals surface area contributed by atoms with Gasteiger partial charge in [0.25, 0.3) is 0 Å². The van der Waals surface area contributed by atoms with E-state index in [2.05, 4.69) is 78.4 Å². The maximum Gasteiger partial charge on any atom is 0.159 e. The molecule has 140 valence electrons. The Hall–Kier alpha value is -3.04. The number of aromatic nitrogens is 1. The first-order chi connectivity index (χ1) is 13.4. The highest BCUT2D eigenvalue weighted by atomic mass is 28.3. The van der Waals surface area contributed by atoms with Gasteiger partial charge in [0.15, 0.2) is 5.78 Å². The van der Waals surface area contributed by atoms with Gasteiger partial charge in [-0.25, -0.2) is 0 Å². The van der Waals surface area contributed by atoms with Gasteiger partial charge in [0.2, 0.25) is 0 Å². The van der Waals surface area contributed by atoms with Crippen molar-refractivity contribution in [2.24, 2.45) is 0 Å². The first-order valence-corrected chi connectivity index (χ1v) is 12.5. The van der Waals surface area contributed by atoms with Gasteiger partial charge < -0.3 is 0 Å². The minimum atomic E-state index is -1.68. The Morgan fingerprint density at radius 1 is 0.786 bits per heavy atom. The number of rotatable bonds is 6. The van der Waals surface area contributed by atoms with Crippen molar-refractivity contribution in [2.45, 2.75) is 20.0 Å². The number of benzene rings is 2. The fourth-order valence-electron chi connectivity index (χ4n) is 2.87. The Bertz CT molecular complexity index is 985. The molecular formula is C25H25NOSi. The van der Waals surface area contributed by atoms with Crippen LogP contribution in [-0.4, -0.2) is 18.8 Å². The van der Waals surface area contributed by atoms with Crippen LogP contribution in [0.4, 0.5) is 0 Å². The zero-order valence-corrected chi connectivity index (χ0v) is 17.6. The average Bonchev–Trinajstić information content (AvgIpc) is 2.72. The van der Waals surface area contributed by atoms with Gasteiger partial charge in [0.1, 0.15) is 8.07 Å². The molecule has 1 heterocycles. The third-order valence-electron chi connectivity index (χ3n) is 4.74. The minimum absolute atomic E-state index is 0.0912. The summed E-state index contributed by atoms with van der Waals surface area (Å²) in [6.45, 7) is 6.20. The molecule has 0 saturated heterocycles. The van der Waals surface area contributed by atoms with Gasteiger partial charge in [-0.05, 0) is 35.7 Å². The first-order valence-electron chi connectivity index (χ1n) is 9.44.